The Hall–Kier alpha value is -1.59. The van der Waals surface area contributed by atoms with Crippen LogP contribution >= 0.6 is 0 Å². The zero-order valence-corrected chi connectivity index (χ0v) is 9.43. The Labute approximate surface area is 93.9 Å². The molecule has 1 unspecified atom stereocenters. The van der Waals surface area contributed by atoms with Gasteiger partial charge in [-0.15, -0.1) is 0 Å². The molecule has 1 N–H and O–H groups in total. The maximum atomic E-state index is 11.9. The SMILES string of the molecule is COC(=O)C1CCCN1C(=O)[C@H](C)NC=O. The van der Waals surface area contributed by atoms with Crippen molar-refractivity contribution in [2.45, 2.75) is 31.8 Å². The summed E-state index contributed by atoms with van der Waals surface area (Å²) >= 11 is 0. The number of amides is 2. The lowest BCUT2D eigenvalue weighted by Gasteiger charge is -2.25. The molecule has 0 bridgehead atoms. The normalized spacial score (nSPS) is 21.4. The largest absolute Gasteiger partial charge is 0.467 e. The second-order valence-electron chi connectivity index (χ2n) is 3.72. The van der Waals surface area contributed by atoms with Gasteiger partial charge in [-0.2, -0.15) is 0 Å². The van der Waals surface area contributed by atoms with Crippen LogP contribution in [0.2, 0.25) is 0 Å². The summed E-state index contributed by atoms with van der Waals surface area (Å²) in [6.07, 6.45) is 1.87. The van der Waals surface area contributed by atoms with Gasteiger partial charge >= 0.3 is 5.97 Å². The van der Waals surface area contributed by atoms with Crippen molar-refractivity contribution < 1.29 is 19.1 Å². The number of rotatable bonds is 4. The number of esters is 1. The van der Waals surface area contributed by atoms with Gasteiger partial charge in [0, 0.05) is 6.54 Å². The lowest BCUT2D eigenvalue weighted by atomic mass is 10.2. The number of likely N-dealkylation sites (tertiary alicyclic amines) is 1. The molecule has 0 saturated carbocycles. The predicted octanol–water partition coefficient (Wildman–Crippen LogP) is -0.715. The highest BCUT2D eigenvalue weighted by atomic mass is 16.5. The zero-order valence-electron chi connectivity index (χ0n) is 9.43. The van der Waals surface area contributed by atoms with Gasteiger partial charge in [0.05, 0.1) is 7.11 Å². The first-order valence-electron chi connectivity index (χ1n) is 5.19. The predicted molar refractivity (Wildman–Crippen MR) is 55.4 cm³/mol. The molecule has 1 rings (SSSR count). The first-order chi connectivity index (χ1) is 7.61. The zero-order chi connectivity index (χ0) is 12.1. The summed E-state index contributed by atoms with van der Waals surface area (Å²) in [6.45, 7) is 2.12. The van der Waals surface area contributed by atoms with Crippen LogP contribution in [0.25, 0.3) is 0 Å². The highest BCUT2D eigenvalue weighted by molar-refractivity contribution is 5.88. The summed E-state index contributed by atoms with van der Waals surface area (Å²) in [6, 6.07) is -1.11. The molecule has 1 aliphatic heterocycles. The molecule has 6 heteroatoms. The Morgan fingerprint density at radius 1 is 1.56 bits per heavy atom. The van der Waals surface area contributed by atoms with Gasteiger partial charge in [0.15, 0.2) is 0 Å². The standard InChI is InChI=1S/C10H16N2O4/c1-7(11-6-13)9(14)12-5-3-4-8(12)10(15)16-2/h6-8H,3-5H2,1-2H3,(H,11,13)/t7-,8?/m0/s1. The fourth-order valence-corrected chi connectivity index (χ4v) is 1.83. The van der Waals surface area contributed by atoms with Crippen LogP contribution in [0.4, 0.5) is 0 Å². The third kappa shape index (κ3) is 2.50. The van der Waals surface area contributed by atoms with Gasteiger partial charge < -0.3 is 15.0 Å². The third-order valence-corrected chi connectivity index (χ3v) is 2.70. The first-order valence-corrected chi connectivity index (χ1v) is 5.19. The van der Waals surface area contributed by atoms with E-state index in [1.54, 1.807) is 6.92 Å². The van der Waals surface area contributed by atoms with Gasteiger partial charge in [-0.1, -0.05) is 0 Å². The van der Waals surface area contributed by atoms with E-state index in [1.807, 2.05) is 0 Å². The van der Waals surface area contributed by atoms with Crippen LogP contribution in [0.1, 0.15) is 19.8 Å². The fraction of sp³-hybridized carbons (Fsp3) is 0.700. The van der Waals surface area contributed by atoms with Gasteiger partial charge in [-0.25, -0.2) is 4.79 Å². The number of methoxy groups -OCH3 is 1. The van der Waals surface area contributed by atoms with Crippen LogP contribution < -0.4 is 5.32 Å². The molecule has 1 saturated heterocycles. The van der Waals surface area contributed by atoms with Crippen LogP contribution in [0.5, 0.6) is 0 Å². The number of nitrogens with one attached hydrogen (secondary N) is 1. The number of hydrogen-bond acceptors (Lipinski definition) is 4. The summed E-state index contributed by atoms with van der Waals surface area (Å²) in [4.78, 5) is 35.0. The molecular formula is C10H16N2O4. The molecule has 2 atom stereocenters. The van der Waals surface area contributed by atoms with E-state index in [9.17, 15) is 14.4 Å². The minimum Gasteiger partial charge on any atom is -0.467 e. The van der Waals surface area contributed by atoms with Crippen molar-refractivity contribution >= 4 is 18.3 Å². The molecule has 0 aromatic carbocycles. The molecule has 16 heavy (non-hydrogen) atoms. The number of nitrogens with zero attached hydrogens (tertiary/aromatic N) is 1. The van der Waals surface area contributed by atoms with Crippen molar-refractivity contribution in [3.05, 3.63) is 0 Å². The summed E-state index contributed by atoms with van der Waals surface area (Å²) in [5.41, 5.74) is 0. The highest BCUT2D eigenvalue weighted by Gasteiger charge is 2.36. The lowest BCUT2D eigenvalue weighted by molar-refractivity contribution is -0.151. The molecule has 2 amide bonds. The van der Waals surface area contributed by atoms with E-state index >= 15 is 0 Å². The quantitative estimate of drug-likeness (QED) is 0.509. The van der Waals surface area contributed by atoms with E-state index in [2.05, 4.69) is 10.1 Å². The molecule has 0 aromatic rings. The molecule has 1 heterocycles. The molecule has 1 fully saturated rings. The molecule has 6 nitrogen and oxygen atoms in total. The highest BCUT2D eigenvalue weighted by Crippen LogP contribution is 2.19. The number of carbonyl (C=O) groups excluding carboxylic acids is 3. The van der Waals surface area contributed by atoms with Crippen LogP contribution in [0.15, 0.2) is 0 Å². The van der Waals surface area contributed by atoms with Gasteiger partial charge in [-0.3, -0.25) is 9.59 Å². The minimum absolute atomic E-state index is 0.250. The second kappa shape index (κ2) is 5.48. The maximum Gasteiger partial charge on any atom is 0.328 e. The van der Waals surface area contributed by atoms with E-state index in [0.717, 1.165) is 6.42 Å². The molecule has 0 radical (unpaired) electrons. The van der Waals surface area contributed by atoms with Crippen molar-refractivity contribution in [3.63, 3.8) is 0 Å². The molecule has 1 aliphatic rings. The average molecular weight is 228 g/mol. The first kappa shape index (κ1) is 12.5. The Balaban J connectivity index is 2.67. The molecule has 0 spiro atoms. The van der Waals surface area contributed by atoms with Crippen LogP contribution in [-0.2, 0) is 19.1 Å². The van der Waals surface area contributed by atoms with E-state index in [-0.39, 0.29) is 5.91 Å². The minimum atomic E-state index is -0.609. The van der Waals surface area contributed by atoms with Crippen molar-refractivity contribution in [1.82, 2.24) is 10.2 Å². The topological polar surface area (TPSA) is 75.7 Å². The molecular weight excluding hydrogens is 212 g/mol. The van der Waals surface area contributed by atoms with Crippen molar-refractivity contribution in [1.29, 1.82) is 0 Å². The van der Waals surface area contributed by atoms with Gasteiger partial charge in [0.1, 0.15) is 12.1 Å². The average Bonchev–Trinajstić information content (AvgIpc) is 2.76. The van der Waals surface area contributed by atoms with Crippen molar-refractivity contribution in [2.75, 3.05) is 13.7 Å². The Bertz CT molecular complexity index is 293. The Kier molecular flexibility index (Phi) is 4.28. The van der Waals surface area contributed by atoms with Crippen LogP contribution in [-0.4, -0.2) is 48.9 Å². The number of ether oxygens (including phenoxy) is 1. The monoisotopic (exact) mass is 228 g/mol. The summed E-state index contributed by atoms with van der Waals surface area (Å²) in [7, 11) is 1.30. The number of carbonyl (C=O) groups is 3. The smallest absolute Gasteiger partial charge is 0.328 e. The van der Waals surface area contributed by atoms with Crippen LogP contribution in [0.3, 0.4) is 0 Å². The van der Waals surface area contributed by atoms with E-state index < -0.39 is 18.1 Å². The Morgan fingerprint density at radius 3 is 2.81 bits per heavy atom. The Morgan fingerprint density at radius 2 is 2.25 bits per heavy atom. The van der Waals surface area contributed by atoms with Crippen LogP contribution in [0, 0.1) is 0 Å². The molecule has 0 aliphatic carbocycles. The van der Waals surface area contributed by atoms with Crippen molar-refractivity contribution in [3.8, 4) is 0 Å². The van der Waals surface area contributed by atoms with Gasteiger partial charge in [0.25, 0.3) is 0 Å². The maximum absolute atomic E-state index is 11.9. The van der Waals surface area contributed by atoms with E-state index in [4.69, 9.17) is 0 Å². The summed E-state index contributed by atoms with van der Waals surface area (Å²) < 4.78 is 4.63. The fourth-order valence-electron chi connectivity index (χ4n) is 1.83. The number of hydrogen-bond donors (Lipinski definition) is 1. The lowest BCUT2D eigenvalue weighted by Crippen LogP contribution is -2.49. The molecule has 0 aromatic heterocycles. The summed E-state index contributed by atoms with van der Waals surface area (Å²) in [5, 5.41) is 2.38. The van der Waals surface area contributed by atoms with Crippen molar-refractivity contribution in [2.24, 2.45) is 0 Å². The molecule has 90 valence electrons. The van der Waals surface area contributed by atoms with E-state index in [0.29, 0.717) is 19.4 Å². The summed E-state index contributed by atoms with van der Waals surface area (Å²) in [5.74, 6) is -0.649. The van der Waals surface area contributed by atoms with E-state index in [1.165, 1.54) is 12.0 Å². The second-order valence-corrected chi connectivity index (χ2v) is 3.72. The van der Waals surface area contributed by atoms with Gasteiger partial charge in [-0.05, 0) is 19.8 Å². The third-order valence-electron chi connectivity index (χ3n) is 2.70. The van der Waals surface area contributed by atoms with Gasteiger partial charge in [0.2, 0.25) is 12.3 Å².